The van der Waals surface area contributed by atoms with Gasteiger partial charge < -0.3 is 10.2 Å². The predicted molar refractivity (Wildman–Crippen MR) is 118 cm³/mol. The van der Waals surface area contributed by atoms with Crippen LogP contribution in [0.4, 0.5) is 10.1 Å². The van der Waals surface area contributed by atoms with Gasteiger partial charge in [0.2, 0.25) is 11.8 Å². The van der Waals surface area contributed by atoms with Gasteiger partial charge in [0.05, 0.1) is 12.1 Å². The molecule has 0 bridgehead atoms. The van der Waals surface area contributed by atoms with Crippen LogP contribution in [0.5, 0.6) is 0 Å². The van der Waals surface area contributed by atoms with Crippen molar-refractivity contribution in [2.75, 3.05) is 18.4 Å². The number of carbonyl (C=O) groups excluding carboxylic acids is 2. The Morgan fingerprint density at radius 2 is 1.87 bits per heavy atom. The van der Waals surface area contributed by atoms with Crippen LogP contribution >= 0.6 is 0 Å². The second-order valence-corrected chi connectivity index (χ2v) is 8.71. The van der Waals surface area contributed by atoms with Crippen LogP contribution in [0.2, 0.25) is 0 Å². The molecular weight excluding hydrogens is 395 g/mol. The van der Waals surface area contributed by atoms with Crippen LogP contribution in [-0.4, -0.2) is 39.8 Å². The van der Waals surface area contributed by atoms with Crippen LogP contribution in [0.15, 0.2) is 24.3 Å². The molecule has 1 aliphatic heterocycles. The fourth-order valence-electron chi connectivity index (χ4n) is 4.01. The molecule has 0 spiro atoms. The van der Waals surface area contributed by atoms with E-state index in [2.05, 4.69) is 29.1 Å². The fourth-order valence-corrected chi connectivity index (χ4v) is 4.01. The van der Waals surface area contributed by atoms with E-state index in [0.29, 0.717) is 18.9 Å². The topological polar surface area (TPSA) is 75.2 Å². The van der Waals surface area contributed by atoms with Crippen LogP contribution < -0.4 is 5.32 Å². The van der Waals surface area contributed by atoms with Crippen molar-refractivity contribution >= 4 is 17.5 Å². The number of piperidine rings is 1. The first kappa shape index (κ1) is 22.8. The number of hydrogen-bond donors (Lipinski definition) is 1. The molecule has 31 heavy (non-hydrogen) atoms. The normalized spacial score (nSPS) is 16.5. The van der Waals surface area contributed by atoms with Crippen molar-refractivity contribution in [2.24, 2.45) is 5.92 Å². The Balaban J connectivity index is 1.70. The average Bonchev–Trinajstić information content (AvgIpc) is 2.72. The van der Waals surface area contributed by atoms with Crippen molar-refractivity contribution in [1.82, 2.24) is 14.9 Å². The van der Waals surface area contributed by atoms with Crippen molar-refractivity contribution in [1.29, 1.82) is 0 Å². The number of rotatable bonds is 6. The summed E-state index contributed by atoms with van der Waals surface area (Å²) >= 11 is 0. The summed E-state index contributed by atoms with van der Waals surface area (Å²) in [5, 5.41) is 2.61. The van der Waals surface area contributed by atoms with Gasteiger partial charge in [-0.1, -0.05) is 26.0 Å². The van der Waals surface area contributed by atoms with E-state index in [1.54, 1.807) is 12.1 Å². The Morgan fingerprint density at radius 1 is 1.19 bits per heavy atom. The summed E-state index contributed by atoms with van der Waals surface area (Å²) in [6.07, 6.45) is 2.51. The van der Waals surface area contributed by atoms with Gasteiger partial charge in [-0.2, -0.15) is 0 Å². The second kappa shape index (κ2) is 9.98. The highest BCUT2D eigenvalue weighted by Gasteiger charge is 2.27. The number of halogens is 1. The Labute approximate surface area is 183 Å². The van der Waals surface area contributed by atoms with E-state index in [9.17, 15) is 14.0 Å². The lowest BCUT2D eigenvalue weighted by Gasteiger charge is -2.33. The molecule has 1 aliphatic rings. The number of aryl methyl sites for hydroxylation is 2. The van der Waals surface area contributed by atoms with E-state index in [1.807, 2.05) is 18.7 Å². The summed E-state index contributed by atoms with van der Waals surface area (Å²) in [6.45, 7) is 9.26. The highest BCUT2D eigenvalue weighted by atomic mass is 19.1. The number of amides is 2. The van der Waals surface area contributed by atoms with Gasteiger partial charge in [-0.3, -0.25) is 9.59 Å². The highest BCUT2D eigenvalue weighted by molar-refractivity contribution is 5.92. The van der Waals surface area contributed by atoms with Crippen molar-refractivity contribution < 1.29 is 14.0 Å². The molecule has 2 aromatic rings. The van der Waals surface area contributed by atoms with E-state index >= 15 is 0 Å². The summed E-state index contributed by atoms with van der Waals surface area (Å²) in [4.78, 5) is 36.2. The van der Waals surface area contributed by atoms with E-state index in [1.165, 1.54) is 12.1 Å². The zero-order valence-electron chi connectivity index (χ0n) is 18.7. The number of aromatic nitrogens is 2. The number of benzene rings is 1. The Kier molecular flexibility index (Phi) is 7.36. The van der Waals surface area contributed by atoms with Crippen LogP contribution in [0.3, 0.4) is 0 Å². The lowest BCUT2D eigenvalue weighted by atomic mass is 9.95. The van der Waals surface area contributed by atoms with Gasteiger partial charge in [-0.05, 0) is 44.7 Å². The van der Waals surface area contributed by atoms with E-state index < -0.39 is 5.82 Å². The van der Waals surface area contributed by atoms with Gasteiger partial charge in [0.15, 0.2) is 0 Å². The third kappa shape index (κ3) is 5.87. The Bertz CT molecular complexity index is 937. The number of carbonyl (C=O) groups is 2. The molecule has 6 nitrogen and oxygen atoms in total. The zero-order valence-corrected chi connectivity index (χ0v) is 18.7. The molecule has 1 aromatic carbocycles. The summed E-state index contributed by atoms with van der Waals surface area (Å²) in [6, 6.07) is 6.09. The third-order valence-electron chi connectivity index (χ3n) is 5.65. The molecule has 1 saturated heterocycles. The zero-order chi connectivity index (χ0) is 22.5. The van der Waals surface area contributed by atoms with Gasteiger partial charge >= 0.3 is 0 Å². The molecule has 1 fully saturated rings. The number of para-hydroxylation sites is 1. The van der Waals surface area contributed by atoms with E-state index in [4.69, 9.17) is 0 Å². The molecule has 2 amide bonds. The second-order valence-electron chi connectivity index (χ2n) is 8.71. The van der Waals surface area contributed by atoms with Crippen LogP contribution in [0.25, 0.3) is 0 Å². The predicted octanol–water partition coefficient (Wildman–Crippen LogP) is 4.17. The van der Waals surface area contributed by atoms with Crippen LogP contribution in [0.1, 0.15) is 61.8 Å². The smallest absolute Gasteiger partial charge is 0.229 e. The molecule has 3 rings (SSSR count). The lowest BCUT2D eigenvalue weighted by Crippen LogP contribution is -2.40. The molecule has 1 atom stereocenters. The minimum atomic E-state index is -0.468. The molecule has 0 saturated carbocycles. The van der Waals surface area contributed by atoms with Crippen LogP contribution in [-0.2, 0) is 16.0 Å². The third-order valence-corrected chi connectivity index (χ3v) is 5.65. The number of hydrogen-bond acceptors (Lipinski definition) is 4. The SMILES string of the molecule is Cc1nc([C@@H]2CCCN(C(=O)CC(C)C)C2)nc(C)c1CC(=O)Nc1ccccc1F. The van der Waals surface area contributed by atoms with Gasteiger partial charge in [-0.25, -0.2) is 14.4 Å². The summed E-state index contributed by atoms with van der Waals surface area (Å²) in [5.74, 6) is 0.581. The fraction of sp³-hybridized carbons (Fsp3) is 0.500. The van der Waals surface area contributed by atoms with Gasteiger partial charge in [0.25, 0.3) is 0 Å². The Hall–Kier alpha value is -2.83. The van der Waals surface area contributed by atoms with Gasteiger partial charge in [0.1, 0.15) is 11.6 Å². The number of nitrogens with one attached hydrogen (secondary N) is 1. The molecule has 1 aromatic heterocycles. The molecule has 0 unspecified atom stereocenters. The maximum Gasteiger partial charge on any atom is 0.229 e. The van der Waals surface area contributed by atoms with Crippen molar-refractivity contribution in [3.8, 4) is 0 Å². The molecule has 2 heterocycles. The van der Waals surface area contributed by atoms with Crippen molar-refractivity contribution in [3.05, 3.63) is 52.9 Å². The lowest BCUT2D eigenvalue weighted by molar-refractivity contribution is -0.133. The van der Waals surface area contributed by atoms with Crippen molar-refractivity contribution in [2.45, 2.75) is 59.3 Å². The molecular formula is C24H31FN4O2. The maximum atomic E-state index is 13.8. The average molecular weight is 427 g/mol. The van der Waals surface area contributed by atoms with Crippen LogP contribution in [0, 0.1) is 25.6 Å². The van der Waals surface area contributed by atoms with Gasteiger partial charge in [0, 0.05) is 42.4 Å². The Morgan fingerprint density at radius 3 is 2.52 bits per heavy atom. The highest BCUT2D eigenvalue weighted by Crippen LogP contribution is 2.27. The monoisotopic (exact) mass is 426 g/mol. The summed E-state index contributed by atoms with van der Waals surface area (Å²) in [5.41, 5.74) is 2.41. The minimum Gasteiger partial charge on any atom is -0.342 e. The standard InChI is InChI=1S/C24H31FN4O2/c1-15(2)12-23(31)29-11-7-8-18(14-29)24-26-16(3)19(17(4)27-24)13-22(30)28-21-10-6-5-9-20(21)25/h5-6,9-10,15,18H,7-8,11-14H2,1-4H3,(H,28,30)/t18-/m1/s1. The largest absolute Gasteiger partial charge is 0.342 e. The van der Waals surface area contributed by atoms with Crippen molar-refractivity contribution in [3.63, 3.8) is 0 Å². The number of nitrogens with zero attached hydrogens (tertiary/aromatic N) is 3. The molecule has 0 aliphatic carbocycles. The summed E-state index contributed by atoms with van der Waals surface area (Å²) in [7, 11) is 0. The van der Waals surface area contributed by atoms with E-state index in [-0.39, 0.29) is 29.8 Å². The first-order valence-corrected chi connectivity index (χ1v) is 10.9. The minimum absolute atomic E-state index is 0.0793. The molecule has 7 heteroatoms. The first-order valence-electron chi connectivity index (χ1n) is 10.9. The molecule has 166 valence electrons. The number of likely N-dealkylation sites (tertiary alicyclic amines) is 1. The first-order chi connectivity index (χ1) is 14.7. The summed E-state index contributed by atoms with van der Waals surface area (Å²) < 4.78 is 13.8. The van der Waals surface area contributed by atoms with Gasteiger partial charge in [-0.15, -0.1) is 0 Å². The van der Waals surface area contributed by atoms with E-state index in [0.717, 1.165) is 42.2 Å². The molecule has 1 N–H and O–H groups in total. The maximum absolute atomic E-state index is 13.8. The molecule has 0 radical (unpaired) electrons. The quantitative estimate of drug-likeness (QED) is 0.752. The number of anilines is 1.